The molecule has 2 rings (SSSR count). The van der Waals surface area contributed by atoms with E-state index in [1.807, 2.05) is 37.3 Å². The van der Waals surface area contributed by atoms with E-state index in [2.05, 4.69) is 10.6 Å². The maximum Gasteiger partial charge on any atom is 0.253 e. The first kappa shape index (κ1) is 22.0. The van der Waals surface area contributed by atoms with Gasteiger partial charge in [0.25, 0.3) is 5.91 Å². The smallest absolute Gasteiger partial charge is 0.253 e. The minimum absolute atomic E-state index is 0. The van der Waals surface area contributed by atoms with Gasteiger partial charge in [-0.2, -0.15) is 0 Å². The van der Waals surface area contributed by atoms with Gasteiger partial charge in [-0.25, -0.2) is 0 Å². The standard InChI is InChI=1S/C19H22ClN3O2.ClH/c1-3-22-19(25)15-11-14(20)9-10-16(15)23-18(24)12(2)17(21)13-7-5-4-6-8-13;/h4-12,17H,3,21H2,1-2H3,(H,22,25)(H,23,24);1H. The zero-order chi connectivity index (χ0) is 18.4. The van der Waals surface area contributed by atoms with Crippen molar-refractivity contribution in [1.82, 2.24) is 5.32 Å². The number of hydrogen-bond donors (Lipinski definition) is 3. The minimum atomic E-state index is -0.472. The molecule has 0 heterocycles. The Morgan fingerprint density at radius 1 is 1.15 bits per heavy atom. The van der Waals surface area contributed by atoms with Crippen LogP contribution in [0.25, 0.3) is 0 Å². The Kier molecular flexibility index (Phi) is 8.58. The lowest BCUT2D eigenvalue weighted by Crippen LogP contribution is -2.31. The SMILES string of the molecule is CCNC(=O)c1cc(Cl)ccc1NC(=O)C(C)C(N)c1ccccc1.Cl. The zero-order valence-electron chi connectivity index (χ0n) is 14.7. The molecule has 0 saturated carbocycles. The predicted octanol–water partition coefficient (Wildman–Crippen LogP) is 3.79. The average Bonchev–Trinajstić information content (AvgIpc) is 2.62. The van der Waals surface area contributed by atoms with Crippen molar-refractivity contribution < 1.29 is 9.59 Å². The number of nitrogens with one attached hydrogen (secondary N) is 2. The van der Waals surface area contributed by atoms with E-state index in [0.29, 0.717) is 22.8 Å². The van der Waals surface area contributed by atoms with E-state index >= 15 is 0 Å². The van der Waals surface area contributed by atoms with Crippen LogP contribution in [0.1, 0.15) is 35.8 Å². The summed E-state index contributed by atoms with van der Waals surface area (Å²) in [7, 11) is 0. The zero-order valence-corrected chi connectivity index (χ0v) is 16.2. The first-order chi connectivity index (χ1) is 11.9. The third kappa shape index (κ3) is 5.46. The molecule has 0 saturated heterocycles. The molecule has 0 aromatic heterocycles. The van der Waals surface area contributed by atoms with Crippen LogP contribution in [0.2, 0.25) is 5.02 Å². The molecule has 0 aliphatic carbocycles. The Labute approximate surface area is 164 Å². The molecule has 2 aromatic rings. The molecule has 0 radical (unpaired) electrons. The lowest BCUT2D eigenvalue weighted by molar-refractivity contribution is -0.120. The van der Waals surface area contributed by atoms with Crippen LogP contribution in [0.15, 0.2) is 48.5 Å². The van der Waals surface area contributed by atoms with Gasteiger partial charge in [-0.05, 0) is 30.7 Å². The molecule has 4 N–H and O–H groups in total. The molecule has 7 heteroatoms. The summed E-state index contributed by atoms with van der Waals surface area (Å²) in [5, 5.41) is 5.92. The molecule has 2 aromatic carbocycles. The Hall–Kier alpha value is -2.08. The Bertz CT molecular complexity index is 754. The summed E-state index contributed by atoms with van der Waals surface area (Å²) in [6.45, 7) is 4.06. The van der Waals surface area contributed by atoms with Gasteiger partial charge in [-0.3, -0.25) is 9.59 Å². The normalized spacial score (nSPS) is 12.5. The molecule has 140 valence electrons. The second-order valence-electron chi connectivity index (χ2n) is 5.76. The molecule has 0 aliphatic rings. The first-order valence-electron chi connectivity index (χ1n) is 8.13. The topological polar surface area (TPSA) is 84.2 Å². The molecule has 2 atom stereocenters. The summed E-state index contributed by atoms with van der Waals surface area (Å²) < 4.78 is 0. The van der Waals surface area contributed by atoms with E-state index in [0.717, 1.165) is 5.56 Å². The van der Waals surface area contributed by atoms with Crippen molar-refractivity contribution in [2.45, 2.75) is 19.9 Å². The van der Waals surface area contributed by atoms with Gasteiger partial charge in [0.1, 0.15) is 0 Å². The number of rotatable bonds is 6. The van der Waals surface area contributed by atoms with E-state index in [1.54, 1.807) is 19.1 Å². The maximum absolute atomic E-state index is 12.6. The Morgan fingerprint density at radius 3 is 2.42 bits per heavy atom. The van der Waals surface area contributed by atoms with Gasteiger partial charge in [0.2, 0.25) is 5.91 Å². The fraction of sp³-hybridized carbons (Fsp3) is 0.263. The summed E-state index contributed by atoms with van der Waals surface area (Å²) in [6.07, 6.45) is 0. The number of carbonyl (C=O) groups is 2. The number of halogens is 2. The summed E-state index contributed by atoms with van der Waals surface area (Å²) in [5.41, 5.74) is 7.81. The molecular formula is C19H23Cl2N3O2. The first-order valence-corrected chi connectivity index (χ1v) is 8.51. The van der Waals surface area contributed by atoms with E-state index < -0.39 is 12.0 Å². The quantitative estimate of drug-likeness (QED) is 0.695. The summed E-state index contributed by atoms with van der Waals surface area (Å²) in [5.74, 6) is -1.02. The molecule has 2 unspecified atom stereocenters. The van der Waals surface area contributed by atoms with Gasteiger partial charge in [0.05, 0.1) is 17.2 Å². The number of hydrogen-bond acceptors (Lipinski definition) is 3. The summed E-state index contributed by atoms with van der Waals surface area (Å²) in [4.78, 5) is 24.8. The van der Waals surface area contributed by atoms with Crippen LogP contribution in [-0.4, -0.2) is 18.4 Å². The molecule has 26 heavy (non-hydrogen) atoms. The lowest BCUT2D eigenvalue weighted by atomic mass is 9.94. The summed E-state index contributed by atoms with van der Waals surface area (Å²) >= 11 is 5.98. The average molecular weight is 396 g/mol. The molecule has 0 bridgehead atoms. The fourth-order valence-electron chi connectivity index (χ4n) is 2.44. The van der Waals surface area contributed by atoms with Gasteiger partial charge >= 0.3 is 0 Å². The van der Waals surface area contributed by atoms with Crippen LogP contribution in [-0.2, 0) is 4.79 Å². The largest absolute Gasteiger partial charge is 0.352 e. The van der Waals surface area contributed by atoms with Crippen molar-refractivity contribution in [2.75, 3.05) is 11.9 Å². The van der Waals surface area contributed by atoms with Gasteiger partial charge in [0.15, 0.2) is 0 Å². The van der Waals surface area contributed by atoms with Gasteiger partial charge < -0.3 is 16.4 Å². The third-order valence-electron chi connectivity index (χ3n) is 3.96. The predicted molar refractivity (Wildman–Crippen MR) is 108 cm³/mol. The molecule has 5 nitrogen and oxygen atoms in total. The number of anilines is 1. The molecule has 0 spiro atoms. The Balaban J connectivity index is 0.00000338. The van der Waals surface area contributed by atoms with Crippen molar-refractivity contribution in [2.24, 2.45) is 11.7 Å². The van der Waals surface area contributed by atoms with E-state index in [1.165, 1.54) is 6.07 Å². The number of amides is 2. The number of benzene rings is 2. The van der Waals surface area contributed by atoms with Gasteiger partial charge in [-0.15, -0.1) is 12.4 Å². The van der Waals surface area contributed by atoms with E-state index in [9.17, 15) is 9.59 Å². The number of nitrogens with two attached hydrogens (primary N) is 1. The van der Waals surface area contributed by atoms with Crippen LogP contribution in [0.4, 0.5) is 5.69 Å². The monoisotopic (exact) mass is 395 g/mol. The lowest BCUT2D eigenvalue weighted by Gasteiger charge is -2.20. The molecule has 0 fully saturated rings. The molecule has 0 aliphatic heterocycles. The maximum atomic E-state index is 12.6. The van der Waals surface area contributed by atoms with Crippen LogP contribution in [0.5, 0.6) is 0 Å². The number of carbonyl (C=O) groups excluding carboxylic acids is 2. The highest BCUT2D eigenvalue weighted by molar-refractivity contribution is 6.31. The highest BCUT2D eigenvalue weighted by Gasteiger charge is 2.23. The van der Waals surface area contributed by atoms with Gasteiger partial charge in [0, 0.05) is 17.6 Å². The van der Waals surface area contributed by atoms with Crippen molar-refractivity contribution in [3.05, 3.63) is 64.7 Å². The second kappa shape index (κ2) is 10.2. The van der Waals surface area contributed by atoms with Crippen LogP contribution < -0.4 is 16.4 Å². The van der Waals surface area contributed by atoms with E-state index in [4.69, 9.17) is 17.3 Å². The van der Waals surface area contributed by atoms with Crippen LogP contribution in [0.3, 0.4) is 0 Å². The highest BCUT2D eigenvalue weighted by atomic mass is 35.5. The van der Waals surface area contributed by atoms with Crippen molar-refractivity contribution in [3.8, 4) is 0 Å². The van der Waals surface area contributed by atoms with Crippen molar-refractivity contribution in [1.29, 1.82) is 0 Å². The van der Waals surface area contributed by atoms with E-state index in [-0.39, 0.29) is 24.2 Å². The molecule has 2 amide bonds. The highest BCUT2D eigenvalue weighted by Crippen LogP contribution is 2.24. The summed E-state index contributed by atoms with van der Waals surface area (Å²) in [6, 6.07) is 13.8. The van der Waals surface area contributed by atoms with Crippen molar-refractivity contribution >= 4 is 41.5 Å². The minimum Gasteiger partial charge on any atom is -0.352 e. The van der Waals surface area contributed by atoms with Crippen LogP contribution >= 0.6 is 24.0 Å². The Morgan fingerprint density at radius 2 is 1.81 bits per heavy atom. The second-order valence-corrected chi connectivity index (χ2v) is 6.20. The fourth-order valence-corrected chi connectivity index (χ4v) is 2.61. The third-order valence-corrected chi connectivity index (χ3v) is 4.19. The van der Waals surface area contributed by atoms with Gasteiger partial charge in [-0.1, -0.05) is 48.9 Å². The van der Waals surface area contributed by atoms with Crippen LogP contribution in [0, 0.1) is 5.92 Å². The van der Waals surface area contributed by atoms with Crippen molar-refractivity contribution in [3.63, 3.8) is 0 Å². The molecular weight excluding hydrogens is 373 g/mol.